The molecule has 132 valence electrons. The third-order valence-electron chi connectivity index (χ3n) is 3.12. The Morgan fingerprint density at radius 3 is 2.65 bits per heavy atom. The molecule has 1 rings (SSSR count). The molecule has 1 aromatic carbocycles. The Morgan fingerprint density at radius 1 is 1.39 bits per heavy atom. The van der Waals surface area contributed by atoms with E-state index < -0.39 is 6.10 Å². The van der Waals surface area contributed by atoms with Gasteiger partial charge in [0, 0.05) is 20.2 Å². The maximum Gasteiger partial charge on any atom is 0.222 e. The van der Waals surface area contributed by atoms with Crippen LogP contribution in [0.5, 0.6) is 5.75 Å². The van der Waals surface area contributed by atoms with Crippen LogP contribution in [0, 0.1) is 0 Å². The summed E-state index contributed by atoms with van der Waals surface area (Å²) in [6, 6.07) is 7.21. The molecule has 0 spiro atoms. The molecule has 6 nitrogen and oxygen atoms in total. The van der Waals surface area contributed by atoms with E-state index in [1.54, 1.807) is 12.1 Å². The fourth-order valence-corrected chi connectivity index (χ4v) is 1.94. The van der Waals surface area contributed by atoms with E-state index in [0.29, 0.717) is 11.3 Å². The van der Waals surface area contributed by atoms with E-state index in [4.69, 9.17) is 15.2 Å². The number of aliphatic hydroxyl groups excluding tert-OH is 1. The number of hydrogen-bond donors (Lipinski definition) is 3. The van der Waals surface area contributed by atoms with E-state index in [1.807, 2.05) is 26.0 Å². The predicted molar refractivity (Wildman–Crippen MR) is 91.9 cm³/mol. The predicted octanol–water partition coefficient (Wildman–Crippen LogP) is 1.41. The van der Waals surface area contributed by atoms with E-state index in [0.717, 1.165) is 0 Å². The van der Waals surface area contributed by atoms with Crippen molar-refractivity contribution in [2.24, 2.45) is 5.73 Å². The maximum atomic E-state index is 11.7. The van der Waals surface area contributed by atoms with Gasteiger partial charge in [0.15, 0.2) is 0 Å². The molecule has 4 N–H and O–H groups in total. The van der Waals surface area contributed by atoms with Crippen LogP contribution < -0.4 is 15.8 Å². The highest BCUT2D eigenvalue weighted by molar-refractivity contribution is 5.85. The molecular formula is C16H27ClN2O4. The fraction of sp³-hybridized carbons (Fsp3) is 0.562. The lowest BCUT2D eigenvalue weighted by atomic mass is 10.1. The number of hydrogen-bond acceptors (Lipinski definition) is 5. The smallest absolute Gasteiger partial charge is 0.222 e. The minimum absolute atomic E-state index is 0. The summed E-state index contributed by atoms with van der Waals surface area (Å²) in [7, 11) is 1.51. The van der Waals surface area contributed by atoms with Crippen LogP contribution >= 0.6 is 12.4 Å². The van der Waals surface area contributed by atoms with Gasteiger partial charge in [0.1, 0.15) is 5.75 Å². The molecule has 1 amide bonds. The summed E-state index contributed by atoms with van der Waals surface area (Å²) in [5.74, 6) is 0.492. The highest BCUT2D eigenvalue weighted by Crippen LogP contribution is 2.19. The zero-order chi connectivity index (χ0) is 16.5. The lowest BCUT2D eigenvalue weighted by Gasteiger charge is -2.16. The van der Waals surface area contributed by atoms with Crippen molar-refractivity contribution in [3.63, 3.8) is 0 Å². The lowest BCUT2D eigenvalue weighted by molar-refractivity contribution is -0.123. The molecule has 7 heteroatoms. The number of ether oxygens (including phenoxy) is 2. The van der Waals surface area contributed by atoms with Gasteiger partial charge in [-0.25, -0.2) is 0 Å². The van der Waals surface area contributed by atoms with Crippen molar-refractivity contribution in [2.75, 3.05) is 20.2 Å². The molecule has 0 aliphatic carbocycles. The minimum Gasteiger partial charge on any atom is -0.491 e. The quantitative estimate of drug-likeness (QED) is 0.628. The van der Waals surface area contributed by atoms with Gasteiger partial charge in [0.2, 0.25) is 5.91 Å². The first kappa shape index (κ1) is 21.7. The van der Waals surface area contributed by atoms with Gasteiger partial charge >= 0.3 is 0 Å². The third-order valence-corrected chi connectivity index (χ3v) is 3.12. The van der Waals surface area contributed by atoms with Gasteiger partial charge in [-0.3, -0.25) is 4.79 Å². The van der Waals surface area contributed by atoms with E-state index in [-0.39, 0.29) is 50.0 Å². The molecule has 23 heavy (non-hydrogen) atoms. The standard InChI is InChI=1S/C16H26N2O4.ClH/c1-11(2)22-13-6-4-5-12(7-13)15(19)10-18-16(20)8-14(9-17)21-3;/h4-7,11,14-15,19H,8-10,17H2,1-3H3,(H,18,20);1H. The van der Waals surface area contributed by atoms with Crippen LogP contribution in [0.2, 0.25) is 0 Å². The van der Waals surface area contributed by atoms with Gasteiger partial charge in [-0.05, 0) is 31.5 Å². The number of aliphatic hydroxyl groups is 1. The molecule has 2 atom stereocenters. The largest absolute Gasteiger partial charge is 0.491 e. The van der Waals surface area contributed by atoms with Crippen molar-refractivity contribution < 1.29 is 19.4 Å². The molecule has 0 bridgehead atoms. The van der Waals surface area contributed by atoms with Crippen molar-refractivity contribution in [3.05, 3.63) is 29.8 Å². The van der Waals surface area contributed by atoms with Crippen LogP contribution in [0.4, 0.5) is 0 Å². The van der Waals surface area contributed by atoms with Crippen LogP contribution in [0.1, 0.15) is 31.9 Å². The van der Waals surface area contributed by atoms with E-state index in [2.05, 4.69) is 5.32 Å². The number of nitrogens with two attached hydrogens (primary N) is 1. The van der Waals surface area contributed by atoms with Crippen molar-refractivity contribution in [2.45, 2.75) is 38.6 Å². The lowest BCUT2D eigenvalue weighted by Crippen LogP contribution is -2.34. The van der Waals surface area contributed by atoms with Crippen LogP contribution in [0.3, 0.4) is 0 Å². The second-order valence-corrected chi connectivity index (χ2v) is 5.36. The molecule has 0 fully saturated rings. The molecule has 0 aliphatic rings. The Kier molecular flexibility index (Phi) is 10.6. The molecule has 1 aromatic rings. The Balaban J connectivity index is 0.00000484. The zero-order valence-corrected chi connectivity index (χ0v) is 14.6. The Hall–Kier alpha value is -1.34. The fourth-order valence-electron chi connectivity index (χ4n) is 1.94. The Morgan fingerprint density at radius 2 is 2.09 bits per heavy atom. The second-order valence-electron chi connectivity index (χ2n) is 5.36. The average molecular weight is 347 g/mol. The monoisotopic (exact) mass is 346 g/mol. The van der Waals surface area contributed by atoms with Crippen molar-refractivity contribution in [1.82, 2.24) is 5.32 Å². The van der Waals surface area contributed by atoms with Gasteiger partial charge in [-0.1, -0.05) is 12.1 Å². The number of carbonyl (C=O) groups is 1. The molecule has 0 saturated carbocycles. The van der Waals surface area contributed by atoms with Crippen LogP contribution in [-0.4, -0.2) is 43.4 Å². The summed E-state index contributed by atoms with van der Waals surface area (Å²) in [5, 5.41) is 12.8. The Bertz CT molecular complexity index is 467. The molecule has 0 aliphatic heterocycles. The minimum atomic E-state index is -0.793. The van der Waals surface area contributed by atoms with E-state index >= 15 is 0 Å². The van der Waals surface area contributed by atoms with Gasteiger partial charge < -0.3 is 25.6 Å². The summed E-state index contributed by atoms with van der Waals surface area (Å²) < 4.78 is 10.6. The van der Waals surface area contributed by atoms with Crippen LogP contribution in [0.25, 0.3) is 0 Å². The summed E-state index contributed by atoms with van der Waals surface area (Å²) in [6.45, 7) is 4.28. The van der Waals surface area contributed by atoms with Crippen LogP contribution in [-0.2, 0) is 9.53 Å². The van der Waals surface area contributed by atoms with E-state index in [9.17, 15) is 9.90 Å². The first-order valence-electron chi connectivity index (χ1n) is 7.40. The Labute approximate surface area is 143 Å². The highest BCUT2D eigenvalue weighted by Gasteiger charge is 2.14. The average Bonchev–Trinajstić information content (AvgIpc) is 2.49. The van der Waals surface area contributed by atoms with Crippen LogP contribution in [0.15, 0.2) is 24.3 Å². The molecular weight excluding hydrogens is 320 g/mol. The SMILES string of the molecule is COC(CN)CC(=O)NCC(O)c1cccc(OC(C)C)c1.Cl. The number of carbonyl (C=O) groups excluding carboxylic acids is 1. The molecule has 0 heterocycles. The van der Waals surface area contributed by atoms with Gasteiger partial charge in [-0.15, -0.1) is 12.4 Å². The number of benzene rings is 1. The maximum absolute atomic E-state index is 11.7. The summed E-state index contributed by atoms with van der Waals surface area (Å²) in [5.41, 5.74) is 6.16. The molecule has 2 unspecified atom stereocenters. The topological polar surface area (TPSA) is 93.8 Å². The number of amides is 1. The van der Waals surface area contributed by atoms with Gasteiger partial charge in [0.05, 0.1) is 24.7 Å². The normalized spacial score (nSPS) is 13.1. The van der Waals surface area contributed by atoms with Gasteiger partial charge in [0.25, 0.3) is 0 Å². The summed E-state index contributed by atoms with van der Waals surface area (Å²) in [4.78, 5) is 11.7. The molecule has 0 aromatic heterocycles. The second kappa shape index (κ2) is 11.2. The number of rotatable bonds is 9. The number of methoxy groups -OCH3 is 1. The molecule has 0 saturated heterocycles. The third kappa shape index (κ3) is 8.18. The number of nitrogens with one attached hydrogen (secondary N) is 1. The van der Waals surface area contributed by atoms with Gasteiger partial charge in [-0.2, -0.15) is 0 Å². The van der Waals surface area contributed by atoms with E-state index in [1.165, 1.54) is 7.11 Å². The summed E-state index contributed by atoms with van der Waals surface area (Å²) >= 11 is 0. The van der Waals surface area contributed by atoms with Crippen molar-refractivity contribution in [3.8, 4) is 5.75 Å². The highest BCUT2D eigenvalue weighted by atomic mass is 35.5. The van der Waals surface area contributed by atoms with Crippen molar-refractivity contribution in [1.29, 1.82) is 0 Å². The first-order chi connectivity index (χ1) is 10.5. The van der Waals surface area contributed by atoms with Crippen molar-refractivity contribution >= 4 is 18.3 Å². The molecule has 0 radical (unpaired) electrons. The first-order valence-corrected chi connectivity index (χ1v) is 7.40. The number of halogens is 1. The zero-order valence-electron chi connectivity index (χ0n) is 13.8. The summed E-state index contributed by atoms with van der Waals surface area (Å²) in [6.07, 6.45) is -0.858.